The van der Waals surface area contributed by atoms with E-state index in [0.717, 1.165) is 16.6 Å². The van der Waals surface area contributed by atoms with Gasteiger partial charge in [0.1, 0.15) is 0 Å². The maximum absolute atomic E-state index is 11.7. The van der Waals surface area contributed by atoms with Crippen LogP contribution in [0, 0.1) is 5.92 Å². The molecule has 0 amide bonds. The third-order valence-electron chi connectivity index (χ3n) is 2.96. The number of halogens is 1. The molecule has 0 aliphatic rings. The Labute approximate surface area is 126 Å². The van der Waals surface area contributed by atoms with Crippen LogP contribution in [0.3, 0.4) is 0 Å². The second-order valence-electron chi connectivity index (χ2n) is 4.22. The fourth-order valence-electron chi connectivity index (χ4n) is 1.92. The predicted octanol–water partition coefficient (Wildman–Crippen LogP) is 2.03. The van der Waals surface area contributed by atoms with E-state index in [1.807, 2.05) is 13.8 Å². The van der Waals surface area contributed by atoms with Gasteiger partial charge in [-0.2, -0.15) is 5.10 Å². The van der Waals surface area contributed by atoms with Crippen molar-refractivity contribution >= 4 is 27.9 Å². The molecule has 112 valence electrons. The smallest absolute Gasteiger partial charge is 0.320 e. The summed E-state index contributed by atoms with van der Waals surface area (Å²) in [5, 5.41) is 13.6. The van der Waals surface area contributed by atoms with Crippen LogP contribution >= 0.6 is 15.9 Å². The summed E-state index contributed by atoms with van der Waals surface area (Å²) in [7, 11) is 0. The van der Waals surface area contributed by atoms with Gasteiger partial charge in [0.25, 0.3) is 0 Å². The number of carbonyl (C=O) groups is 2. The molecule has 0 aromatic carbocycles. The number of carbonyl (C=O) groups excluding carboxylic acids is 1. The van der Waals surface area contributed by atoms with E-state index in [-0.39, 0.29) is 13.0 Å². The number of carboxylic acid groups (broad SMARTS) is 1. The highest BCUT2D eigenvalue weighted by Crippen LogP contribution is 2.25. The van der Waals surface area contributed by atoms with Gasteiger partial charge >= 0.3 is 11.9 Å². The number of rotatable bonds is 7. The zero-order valence-electron chi connectivity index (χ0n) is 11.9. The third kappa shape index (κ3) is 3.59. The van der Waals surface area contributed by atoms with Gasteiger partial charge in [-0.15, -0.1) is 0 Å². The molecule has 0 aliphatic heterocycles. The highest BCUT2D eigenvalue weighted by atomic mass is 79.9. The van der Waals surface area contributed by atoms with Crippen molar-refractivity contribution < 1.29 is 19.4 Å². The van der Waals surface area contributed by atoms with Crippen molar-refractivity contribution in [2.75, 3.05) is 6.61 Å². The second kappa shape index (κ2) is 7.42. The van der Waals surface area contributed by atoms with Gasteiger partial charge in [-0.05, 0) is 36.2 Å². The van der Waals surface area contributed by atoms with Crippen molar-refractivity contribution in [2.24, 2.45) is 5.92 Å². The molecule has 1 atom stereocenters. The van der Waals surface area contributed by atoms with Gasteiger partial charge in [0, 0.05) is 13.0 Å². The molecular formula is C13H19BrN2O4. The molecule has 1 aromatic rings. The summed E-state index contributed by atoms with van der Waals surface area (Å²) < 4.78 is 7.31. The number of aromatic nitrogens is 2. The van der Waals surface area contributed by atoms with E-state index in [0.29, 0.717) is 12.2 Å². The highest BCUT2D eigenvalue weighted by Gasteiger charge is 2.30. The lowest BCUT2D eigenvalue weighted by Crippen LogP contribution is -2.29. The van der Waals surface area contributed by atoms with E-state index >= 15 is 0 Å². The number of aryl methyl sites for hydroxylation is 2. The van der Waals surface area contributed by atoms with Crippen LogP contribution in [0.15, 0.2) is 4.47 Å². The Bertz CT molecular complexity index is 499. The monoisotopic (exact) mass is 346 g/mol. The summed E-state index contributed by atoms with van der Waals surface area (Å²) in [6.07, 6.45) is 0.799. The largest absolute Gasteiger partial charge is 0.481 e. The lowest BCUT2D eigenvalue weighted by atomic mass is 10.0. The molecule has 1 aromatic heterocycles. The van der Waals surface area contributed by atoms with Crippen molar-refractivity contribution in [2.45, 2.75) is 40.2 Å². The Kier molecular flexibility index (Phi) is 6.19. The minimum absolute atomic E-state index is 0.0651. The fraction of sp³-hybridized carbons (Fsp3) is 0.615. The SMILES string of the molecule is CCOC(=O)C(Cc1c(Br)c(CC)nn1CC)C(=O)O. The van der Waals surface area contributed by atoms with E-state index in [1.54, 1.807) is 11.6 Å². The first kappa shape index (κ1) is 16.7. The van der Waals surface area contributed by atoms with Crippen molar-refractivity contribution in [3.63, 3.8) is 0 Å². The average molecular weight is 347 g/mol. The molecule has 0 fully saturated rings. The molecule has 0 saturated heterocycles. The summed E-state index contributed by atoms with van der Waals surface area (Å²) in [5.41, 5.74) is 1.57. The normalized spacial score (nSPS) is 12.2. The molecular weight excluding hydrogens is 328 g/mol. The average Bonchev–Trinajstić information content (AvgIpc) is 2.71. The molecule has 1 heterocycles. The number of esters is 1. The number of nitrogens with zero attached hydrogens (tertiary/aromatic N) is 2. The van der Waals surface area contributed by atoms with Crippen LogP contribution in [-0.4, -0.2) is 33.4 Å². The van der Waals surface area contributed by atoms with E-state index in [2.05, 4.69) is 21.0 Å². The van der Waals surface area contributed by atoms with E-state index in [9.17, 15) is 14.7 Å². The predicted molar refractivity (Wildman–Crippen MR) is 76.4 cm³/mol. The van der Waals surface area contributed by atoms with Gasteiger partial charge < -0.3 is 9.84 Å². The molecule has 0 aliphatic carbocycles. The van der Waals surface area contributed by atoms with Crippen LogP contribution in [0.2, 0.25) is 0 Å². The first-order valence-corrected chi connectivity index (χ1v) is 7.38. The molecule has 20 heavy (non-hydrogen) atoms. The summed E-state index contributed by atoms with van der Waals surface area (Å²) in [6, 6.07) is 0. The lowest BCUT2D eigenvalue weighted by Gasteiger charge is -2.12. The van der Waals surface area contributed by atoms with Crippen LogP contribution in [0.25, 0.3) is 0 Å². The zero-order chi connectivity index (χ0) is 15.3. The van der Waals surface area contributed by atoms with Crippen LogP contribution in [0.1, 0.15) is 32.2 Å². The Balaban J connectivity index is 3.08. The lowest BCUT2D eigenvalue weighted by molar-refractivity contribution is -0.158. The van der Waals surface area contributed by atoms with Gasteiger partial charge in [-0.3, -0.25) is 14.3 Å². The zero-order valence-corrected chi connectivity index (χ0v) is 13.4. The summed E-state index contributed by atoms with van der Waals surface area (Å²) in [4.78, 5) is 23.0. The van der Waals surface area contributed by atoms with E-state index in [4.69, 9.17) is 4.74 Å². The molecule has 0 radical (unpaired) electrons. The molecule has 1 rings (SSSR count). The van der Waals surface area contributed by atoms with Gasteiger partial charge in [0.05, 0.1) is 22.5 Å². The second-order valence-corrected chi connectivity index (χ2v) is 5.02. The van der Waals surface area contributed by atoms with Crippen molar-refractivity contribution in [3.05, 3.63) is 15.9 Å². The maximum Gasteiger partial charge on any atom is 0.320 e. The Morgan fingerprint density at radius 1 is 1.40 bits per heavy atom. The fourth-order valence-corrected chi connectivity index (χ4v) is 2.65. The van der Waals surface area contributed by atoms with Gasteiger partial charge in [-0.1, -0.05) is 6.92 Å². The van der Waals surface area contributed by atoms with Crippen molar-refractivity contribution in [1.29, 1.82) is 0 Å². The summed E-state index contributed by atoms with van der Waals surface area (Å²) >= 11 is 3.44. The molecule has 0 saturated carbocycles. The molecule has 1 unspecified atom stereocenters. The van der Waals surface area contributed by atoms with Crippen LogP contribution in [0.4, 0.5) is 0 Å². The minimum Gasteiger partial charge on any atom is -0.481 e. The number of aliphatic carboxylic acids is 1. The molecule has 6 nitrogen and oxygen atoms in total. The topological polar surface area (TPSA) is 81.4 Å². The molecule has 1 N–H and O–H groups in total. The number of ether oxygens (including phenoxy) is 1. The van der Waals surface area contributed by atoms with Crippen molar-refractivity contribution in [3.8, 4) is 0 Å². The number of hydrogen-bond donors (Lipinski definition) is 1. The third-order valence-corrected chi connectivity index (χ3v) is 3.88. The van der Waals surface area contributed by atoms with Crippen LogP contribution < -0.4 is 0 Å². The Morgan fingerprint density at radius 3 is 2.50 bits per heavy atom. The Hall–Kier alpha value is -1.37. The minimum atomic E-state index is -1.21. The molecule has 0 spiro atoms. The van der Waals surface area contributed by atoms with Crippen LogP contribution in [0.5, 0.6) is 0 Å². The maximum atomic E-state index is 11.7. The van der Waals surface area contributed by atoms with E-state index in [1.165, 1.54) is 0 Å². The Morgan fingerprint density at radius 2 is 2.05 bits per heavy atom. The standard InChI is InChI=1S/C13H19BrN2O4/c1-4-9-11(14)10(16(5-2)15-9)7-8(12(17)18)13(19)20-6-3/h8H,4-7H2,1-3H3,(H,17,18). The summed E-state index contributed by atoms with van der Waals surface area (Å²) in [5.74, 6) is -3.11. The first-order valence-electron chi connectivity index (χ1n) is 6.59. The van der Waals surface area contributed by atoms with Gasteiger partial charge in [-0.25, -0.2) is 0 Å². The van der Waals surface area contributed by atoms with Crippen molar-refractivity contribution in [1.82, 2.24) is 9.78 Å². The van der Waals surface area contributed by atoms with Crippen LogP contribution in [-0.2, 0) is 33.7 Å². The molecule has 7 heteroatoms. The summed E-state index contributed by atoms with van der Waals surface area (Å²) in [6.45, 7) is 6.32. The van der Waals surface area contributed by atoms with Gasteiger partial charge in [0.2, 0.25) is 0 Å². The first-order chi connectivity index (χ1) is 9.46. The molecule has 0 bridgehead atoms. The number of carboxylic acids is 1. The number of hydrogen-bond acceptors (Lipinski definition) is 4. The van der Waals surface area contributed by atoms with E-state index < -0.39 is 17.9 Å². The highest BCUT2D eigenvalue weighted by molar-refractivity contribution is 9.10. The quantitative estimate of drug-likeness (QED) is 0.603. The van der Waals surface area contributed by atoms with Gasteiger partial charge in [0.15, 0.2) is 5.92 Å².